The van der Waals surface area contributed by atoms with Gasteiger partial charge in [-0.3, -0.25) is 0 Å². The lowest BCUT2D eigenvalue weighted by molar-refractivity contribution is 0.392. The van der Waals surface area contributed by atoms with Crippen molar-refractivity contribution in [3.05, 3.63) is 36.8 Å². The summed E-state index contributed by atoms with van der Waals surface area (Å²) in [6.45, 7) is 0. The summed E-state index contributed by atoms with van der Waals surface area (Å²) < 4.78 is 9.44. The van der Waals surface area contributed by atoms with Crippen LogP contribution >= 0.6 is 0 Å². The molecule has 2 heterocycles. The van der Waals surface area contributed by atoms with E-state index in [1.807, 2.05) is 24.3 Å². The number of aromatic nitrogens is 4. The second kappa shape index (κ2) is 3.58. The van der Waals surface area contributed by atoms with Crippen LogP contribution in [0.3, 0.4) is 0 Å². The fourth-order valence-corrected chi connectivity index (χ4v) is 1.49. The van der Waals surface area contributed by atoms with Crippen LogP contribution in [0.15, 0.2) is 45.8 Å². The van der Waals surface area contributed by atoms with Crippen LogP contribution in [0.25, 0.3) is 22.5 Å². The van der Waals surface area contributed by atoms with Crippen molar-refractivity contribution in [3.8, 4) is 22.5 Å². The quantitative estimate of drug-likeness (QED) is 0.647. The van der Waals surface area contributed by atoms with Crippen LogP contribution in [-0.2, 0) is 0 Å². The van der Waals surface area contributed by atoms with Crippen LogP contribution in [0.5, 0.6) is 0 Å². The lowest BCUT2D eigenvalue weighted by Gasteiger charge is -2.01. The molecule has 0 aliphatic carbocycles. The minimum atomic E-state index is 0.651. The number of rotatable bonds is 2. The summed E-state index contributed by atoms with van der Waals surface area (Å²) in [5.41, 5.74) is 3.05. The molecule has 3 aromatic rings. The maximum absolute atomic E-state index is 4.72. The summed E-state index contributed by atoms with van der Waals surface area (Å²) >= 11 is 0. The molecule has 1 aromatic carbocycles. The van der Waals surface area contributed by atoms with Crippen molar-refractivity contribution < 1.29 is 9.05 Å². The second-order valence-electron chi connectivity index (χ2n) is 3.13. The van der Waals surface area contributed by atoms with E-state index in [1.54, 1.807) is 0 Å². The minimum Gasteiger partial charge on any atom is -0.345 e. The first-order chi connectivity index (χ1) is 7.95. The van der Waals surface area contributed by atoms with Gasteiger partial charge in [0.15, 0.2) is 12.5 Å². The summed E-state index contributed by atoms with van der Waals surface area (Å²) in [5.74, 6) is 0. The zero-order chi connectivity index (χ0) is 10.8. The molecule has 0 fully saturated rings. The molecule has 0 N–H and O–H groups in total. The molecule has 0 unspecified atom stereocenters. The third kappa shape index (κ3) is 1.36. The van der Waals surface area contributed by atoms with E-state index in [9.17, 15) is 0 Å². The summed E-state index contributed by atoms with van der Waals surface area (Å²) in [5, 5.41) is 14.6. The molecule has 0 spiro atoms. The van der Waals surface area contributed by atoms with Crippen LogP contribution in [0, 0.1) is 0 Å². The summed E-state index contributed by atoms with van der Waals surface area (Å²) in [6.07, 6.45) is 2.96. The van der Waals surface area contributed by atoms with Crippen LogP contribution in [-0.4, -0.2) is 20.7 Å². The second-order valence-corrected chi connectivity index (χ2v) is 3.13. The molecule has 0 radical (unpaired) electrons. The molecule has 0 atom stereocenters. The van der Waals surface area contributed by atoms with Gasteiger partial charge in [-0.25, -0.2) is 0 Å². The van der Waals surface area contributed by atoms with E-state index in [4.69, 9.17) is 9.05 Å². The Labute approximate surface area is 89.9 Å². The van der Waals surface area contributed by atoms with E-state index in [-0.39, 0.29) is 0 Å². The Morgan fingerprint density at radius 2 is 1.25 bits per heavy atom. The van der Waals surface area contributed by atoms with E-state index in [2.05, 4.69) is 20.7 Å². The monoisotopic (exact) mass is 214 g/mol. The average Bonchev–Trinajstić information content (AvgIpc) is 3.03. The van der Waals surface area contributed by atoms with Crippen LogP contribution in [0.1, 0.15) is 0 Å². The van der Waals surface area contributed by atoms with Crippen molar-refractivity contribution in [2.75, 3.05) is 0 Å². The highest BCUT2D eigenvalue weighted by molar-refractivity contribution is 5.78. The predicted molar refractivity (Wildman–Crippen MR) is 53.0 cm³/mol. The van der Waals surface area contributed by atoms with Gasteiger partial charge in [0.1, 0.15) is 11.4 Å². The molecule has 0 aliphatic heterocycles. The van der Waals surface area contributed by atoms with Crippen molar-refractivity contribution >= 4 is 0 Å². The highest BCUT2D eigenvalue weighted by atomic mass is 16.5. The van der Waals surface area contributed by atoms with E-state index < -0.39 is 0 Å². The molecule has 2 aromatic heterocycles. The highest BCUT2D eigenvalue weighted by Crippen LogP contribution is 2.28. The molecule has 0 bridgehead atoms. The van der Waals surface area contributed by atoms with Gasteiger partial charge in [-0.05, 0) is 0 Å². The van der Waals surface area contributed by atoms with E-state index in [0.717, 1.165) is 11.1 Å². The van der Waals surface area contributed by atoms with E-state index >= 15 is 0 Å². The largest absolute Gasteiger partial charge is 0.345 e. The van der Waals surface area contributed by atoms with Crippen LogP contribution in [0.2, 0.25) is 0 Å². The molecule has 0 aliphatic rings. The van der Waals surface area contributed by atoms with Gasteiger partial charge < -0.3 is 9.05 Å². The smallest absolute Gasteiger partial charge is 0.152 e. The molecular formula is C10H6N4O2. The Morgan fingerprint density at radius 1 is 0.750 bits per heavy atom. The molecule has 6 nitrogen and oxygen atoms in total. The lowest BCUT2D eigenvalue weighted by atomic mass is 10.0. The molecule has 16 heavy (non-hydrogen) atoms. The van der Waals surface area contributed by atoms with Gasteiger partial charge in [0.25, 0.3) is 0 Å². The Bertz CT molecular complexity index is 521. The van der Waals surface area contributed by atoms with Crippen molar-refractivity contribution in [1.29, 1.82) is 0 Å². The number of hydrogen-bond acceptors (Lipinski definition) is 6. The van der Waals surface area contributed by atoms with Crippen LogP contribution in [0.4, 0.5) is 0 Å². The third-order valence-corrected chi connectivity index (χ3v) is 2.20. The molecule has 3 rings (SSSR count). The van der Waals surface area contributed by atoms with E-state index in [1.165, 1.54) is 12.5 Å². The third-order valence-electron chi connectivity index (χ3n) is 2.20. The maximum Gasteiger partial charge on any atom is 0.152 e. The van der Waals surface area contributed by atoms with Crippen molar-refractivity contribution in [2.45, 2.75) is 0 Å². The normalized spacial score (nSPS) is 10.5. The van der Waals surface area contributed by atoms with Gasteiger partial charge in [0.05, 0.1) is 0 Å². The Morgan fingerprint density at radius 3 is 1.62 bits per heavy atom. The maximum atomic E-state index is 4.72. The fourth-order valence-electron chi connectivity index (χ4n) is 1.49. The zero-order valence-corrected chi connectivity index (χ0v) is 8.07. The Kier molecular flexibility index (Phi) is 1.96. The SMILES string of the molecule is c1ccc(-c2conn2)c(-c2conn2)c1. The molecule has 6 heteroatoms. The average molecular weight is 214 g/mol. The van der Waals surface area contributed by atoms with Crippen molar-refractivity contribution in [2.24, 2.45) is 0 Å². The molecular weight excluding hydrogens is 208 g/mol. The summed E-state index contributed by atoms with van der Waals surface area (Å²) in [7, 11) is 0. The van der Waals surface area contributed by atoms with Gasteiger partial charge in [-0.15, -0.1) is 10.2 Å². The van der Waals surface area contributed by atoms with Gasteiger partial charge in [-0.2, -0.15) is 0 Å². The standard InChI is InChI=1S/C10H6N4O2/c1-2-4-8(10-6-16-14-12-10)7(3-1)9-5-15-13-11-9/h1-6H. The number of benzene rings is 1. The first-order valence-corrected chi connectivity index (χ1v) is 4.59. The van der Waals surface area contributed by atoms with Gasteiger partial charge in [0.2, 0.25) is 0 Å². The van der Waals surface area contributed by atoms with Gasteiger partial charge in [-0.1, -0.05) is 24.3 Å². The summed E-state index contributed by atoms with van der Waals surface area (Å²) in [4.78, 5) is 0. The number of hydrogen-bond donors (Lipinski definition) is 0. The topological polar surface area (TPSA) is 77.8 Å². The lowest BCUT2D eigenvalue weighted by Crippen LogP contribution is -1.85. The fraction of sp³-hybridized carbons (Fsp3) is 0. The minimum absolute atomic E-state index is 0.651. The Balaban J connectivity index is 2.19. The van der Waals surface area contributed by atoms with Crippen molar-refractivity contribution in [3.63, 3.8) is 0 Å². The van der Waals surface area contributed by atoms with E-state index in [0.29, 0.717) is 11.4 Å². The zero-order valence-electron chi connectivity index (χ0n) is 8.07. The van der Waals surface area contributed by atoms with Gasteiger partial charge >= 0.3 is 0 Å². The first-order valence-electron chi connectivity index (χ1n) is 4.59. The highest BCUT2D eigenvalue weighted by Gasteiger charge is 2.11. The predicted octanol–water partition coefficient (Wildman–Crippen LogP) is 1.79. The molecule has 78 valence electrons. The van der Waals surface area contributed by atoms with Gasteiger partial charge in [0, 0.05) is 21.7 Å². The molecule has 0 amide bonds. The summed E-state index contributed by atoms with van der Waals surface area (Å²) in [6, 6.07) is 7.62. The molecule has 0 saturated carbocycles. The van der Waals surface area contributed by atoms with Crippen molar-refractivity contribution in [1.82, 2.24) is 20.7 Å². The molecule has 0 saturated heterocycles. The van der Waals surface area contributed by atoms with Crippen LogP contribution < -0.4 is 0 Å². The number of nitrogens with zero attached hydrogens (tertiary/aromatic N) is 4. The first kappa shape index (κ1) is 8.78. The Hall–Kier alpha value is -2.50.